The molecule has 0 spiro atoms. The van der Waals surface area contributed by atoms with Crippen molar-refractivity contribution >= 4 is 5.78 Å². The minimum absolute atomic E-state index is 0.0343. The lowest BCUT2D eigenvalue weighted by Gasteiger charge is -2.06. The topological polar surface area (TPSA) is 26.3 Å². The normalized spacial score (nSPS) is 10.1. The fourth-order valence-electron chi connectivity index (χ4n) is 1.76. The largest absolute Gasteiger partial charge is 0.493 e. The zero-order valence-corrected chi connectivity index (χ0v) is 11.0. The van der Waals surface area contributed by atoms with Crippen molar-refractivity contribution < 1.29 is 13.9 Å². The van der Waals surface area contributed by atoms with Gasteiger partial charge in [-0.2, -0.15) is 0 Å². The van der Waals surface area contributed by atoms with Gasteiger partial charge in [0.15, 0.2) is 5.78 Å². The van der Waals surface area contributed by atoms with Gasteiger partial charge in [-0.3, -0.25) is 4.79 Å². The molecule has 0 aromatic heterocycles. The number of halogens is 1. The summed E-state index contributed by atoms with van der Waals surface area (Å²) in [5.41, 5.74) is 1.93. The molecular weight excluding hydrogens is 255 g/mol. The Bertz CT molecular complexity index is 585. The molecule has 2 rings (SSSR count). The fourth-order valence-corrected chi connectivity index (χ4v) is 1.76. The van der Waals surface area contributed by atoms with Gasteiger partial charge >= 0.3 is 0 Å². The zero-order chi connectivity index (χ0) is 14.4. The molecule has 102 valence electrons. The van der Waals surface area contributed by atoms with E-state index in [9.17, 15) is 9.18 Å². The Hall–Kier alpha value is -2.42. The standard InChI is InChI=1S/C17H15FO2/c1-2-16(19)11-12-20-17-9-5-14(6-10-17)13-3-7-15(18)8-4-13/h2-10H,1,11-12H2. The van der Waals surface area contributed by atoms with E-state index in [2.05, 4.69) is 6.58 Å². The van der Waals surface area contributed by atoms with Crippen LogP contribution in [0.1, 0.15) is 6.42 Å². The smallest absolute Gasteiger partial charge is 0.158 e. The fraction of sp³-hybridized carbons (Fsp3) is 0.118. The third-order valence-electron chi connectivity index (χ3n) is 2.88. The molecule has 0 amide bonds. The molecule has 2 aromatic rings. The van der Waals surface area contributed by atoms with Crippen LogP contribution in [0.4, 0.5) is 4.39 Å². The highest BCUT2D eigenvalue weighted by Gasteiger charge is 2.00. The van der Waals surface area contributed by atoms with Crippen LogP contribution in [0.2, 0.25) is 0 Å². The van der Waals surface area contributed by atoms with Crippen LogP contribution < -0.4 is 4.74 Å². The van der Waals surface area contributed by atoms with Crippen molar-refractivity contribution in [3.05, 3.63) is 67.0 Å². The number of benzene rings is 2. The number of rotatable bonds is 6. The number of carbonyl (C=O) groups is 1. The molecule has 2 aromatic carbocycles. The predicted octanol–water partition coefficient (Wildman–Crippen LogP) is 4.02. The van der Waals surface area contributed by atoms with E-state index in [4.69, 9.17) is 4.74 Å². The van der Waals surface area contributed by atoms with Crippen LogP contribution in [-0.4, -0.2) is 12.4 Å². The van der Waals surface area contributed by atoms with Crippen LogP contribution in [0, 0.1) is 5.82 Å². The van der Waals surface area contributed by atoms with Crippen molar-refractivity contribution in [2.24, 2.45) is 0 Å². The van der Waals surface area contributed by atoms with Crippen LogP contribution in [0.25, 0.3) is 11.1 Å². The van der Waals surface area contributed by atoms with Crippen molar-refractivity contribution in [1.29, 1.82) is 0 Å². The molecule has 0 unspecified atom stereocenters. The van der Waals surface area contributed by atoms with Gasteiger partial charge in [0.1, 0.15) is 11.6 Å². The van der Waals surface area contributed by atoms with Crippen LogP contribution in [0.5, 0.6) is 5.75 Å². The minimum atomic E-state index is -0.249. The Kier molecular flexibility index (Phi) is 4.66. The van der Waals surface area contributed by atoms with Gasteiger partial charge in [0.05, 0.1) is 6.61 Å². The molecule has 3 heteroatoms. The number of ketones is 1. The second-order valence-corrected chi connectivity index (χ2v) is 4.30. The van der Waals surface area contributed by atoms with Gasteiger partial charge in [0.2, 0.25) is 0 Å². The molecule has 0 fully saturated rings. The monoisotopic (exact) mass is 270 g/mol. The second kappa shape index (κ2) is 6.66. The average Bonchev–Trinajstić information content (AvgIpc) is 2.48. The summed E-state index contributed by atoms with van der Waals surface area (Å²) in [5, 5.41) is 0. The van der Waals surface area contributed by atoms with Crippen LogP contribution in [0.15, 0.2) is 61.2 Å². The van der Waals surface area contributed by atoms with Gasteiger partial charge < -0.3 is 4.74 Å². The highest BCUT2D eigenvalue weighted by Crippen LogP contribution is 2.22. The molecule has 0 radical (unpaired) electrons. The molecule has 0 aliphatic heterocycles. The molecular formula is C17H15FO2. The summed E-state index contributed by atoms with van der Waals surface area (Å²) >= 11 is 0. The van der Waals surface area contributed by atoms with E-state index in [1.807, 2.05) is 24.3 Å². The first kappa shape index (κ1) is 14.0. The summed E-state index contributed by atoms with van der Waals surface area (Å²) in [6.45, 7) is 3.74. The summed E-state index contributed by atoms with van der Waals surface area (Å²) in [6, 6.07) is 13.8. The van der Waals surface area contributed by atoms with E-state index in [0.29, 0.717) is 18.8 Å². The molecule has 0 N–H and O–H groups in total. The molecule has 0 aliphatic rings. The van der Waals surface area contributed by atoms with Crippen molar-refractivity contribution in [3.8, 4) is 16.9 Å². The Morgan fingerprint density at radius 3 is 2.15 bits per heavy atom. The lowest BCUT2D eigenvalue weighted by Crippen LogP contribution is -2.03. The average molecular weight is 270 g/mol. The van der Waals surface area contributed by atoms with E-state index in [-0.39, 0.29) is 11.6 Å². The summed E-state index contributed by atoms with van der Waals surface area (Å²) in [6.07, 6.45) is 1.62. The summed E-state index contributed by atoms with van der Waals surface area (Å²) in [7, 11) is 0. The molecule has 0 aliphatic carbocycles. The minimum Gasteiger partial charge on any atom is -0.493 e. The number of allylic oxidation sites excluding steroid dienone is 1. The SMILES string of the molecule is C=CC(=O)CCOc1ccc(-c2ccc(F)cc2)cc1. The third-order valence-corrected chi connectivity index (χ3v) is 2.88. The zero-order valence-electron chi connectivity index (χ0n) is 11.0. The first-order valence-electron chi connectivity index (χ1n) is 6.33. The van der Waals surface area contributed by atoms with Crippen molar-refractivity contribution in [1.82, 2.24) is 0 Å². The van der Waals surface area contributed by atoms with Gasteiger partial charge in [-0.15, -0.1) is 0 Å². The Balaban J connectivity index is 1.97. The quantitative estimate of drug-likeness (QED) is 0.741. The third kappa shape index (κ3) is 3.79. The van der Waals surface area contributed by atoms with Crippen LogP contribution >= 0.6 is 0 Å². The maximum absolute atomic E-state index is 12.8. The molecule has 0 saturated carbocycles. The lowest BCUT2D eigenvalue weighted by molar-refractivity contribution is -0.115. The van der Waals surface area contributed by atoms with Crippen molar-refractivity contribution in [2.45, 2.75) is 6.42 Å². The molecule has 20 heavy (non-hydrogen) atoms. The summed E-state index contributed by atoms with van der Waals surface area (Å²) in [5.74, 6) is 0.418. The highest BCUT2D eigenvalue weighted by molar-refractivity contribution is 5.89. The van der Waals surface area contributed by atoms with Crippen LogP contribution in [0.3, 0.4) is 0 Å². The predicted molar refractivity (Wildman–Crippen MR) is 77.2 cm³/mol. The Morgan fingerprint density at radius 1 is 1.05 bits per heavy atom. The number of hydrogen-bond acceptors (Lipinski definition) is 2. The maximum Gasteiger partial charge on any atom is 0.158 e. The van der Waals surface area contributed by atoms with E-state index >= 15 is 0 Å². The first-order chi connectivity index (χ1) is 9.69. The molecule has 0 bridgehead atoms. The Morgan fingerprint density at radius 2 is 1.60 bits per heavy atom. The van der Waals surface area contributed by atoms with Gasteiger partial charge in [-0.05, 0) is 41.5 Å². The van der Waals surface area contributed by atoms with Crippen LogP contribution in [-0.2, 0) is 4.79 Å². The van der Waals surface area contributed by atoms with E-state index < -0.39 is 0 Å². The van der Waals surface area contributed by atoms with E-state index in [1.165, 1.54) is 18.2 Å². The summed E-state index contributed by atoms with van der Waals surface area (Å²) in [4.78, 5) is 11.0. The molecule has 0 saturated heterocycles. The Labute approximate surface area is 117 Å². The highest BCUT2D eigenvalue weighted by atomic mass is 19.1. The van der Waals surface area contributed by atoms with Crippen molar-refractivity contribution in [3.63, 3.8) is 0 Å². The summed E-state index contributed by atoms with van der Waals surface area (Å²) < 4.78 is 18.3. The number of hydrogen-bond donors (Lipinski definition) is 0. The van der Waals surface area contributed by atoms with Gasteiger partial charge in [-0.25, -0.2) is 4.39 Å². The lowest BCUT2D eigenvalue weighted by atomic mass is 10.1. The first-order valence-corrected chi connectivity index (χ1v) is 6.33. The van der Waals surface area contributed by atoms with Gasteiger partial charge in [0.25, 0.3) is 0 Å². The van der Waals surface area contributed by atoms with E-state index in [1.54, 1.807) is 12.1 Å². The molecule has 2 nitrogen and oxygen atoms in total. The van der Waals surface area contributed by atoms with Crippen molar-refractivity contribution in [2.75, 3.05) is 6.61 Å². The van der Waals surface area contributed by atoms with E-state index in [0.717, 1.165) is 11.1 Å². The van der Waals surface area contributed by atoms with Gasteiger partial charge in [0, 0.05) is 6.42 Å². The van der Waals surface area contributed by atoms with Gasteiger partial charge in [-0.1, -0.05) is 30.8 Å². The number of ether oxygens (including phenoxy) is 1. The number of carbonyl (C=O) groups excluding carboxylic acids is 1. The second-order valence-electron chi connectivity index (χ2n) is 4.30. The maximum atomic E-state index is 12.8. The molecule has 0 heterocycles. The molecule has 0 atom stereocenters.